The smallest absolute Gasteiger partial charge is 0.203 e. The zero-order valence-electron chi connectivity index (χ0n) is 15.6. The van der Waals surface area contributed by atoms with Gasteiger partial charge in [0, 0.05) is 5.56 Å². The lowest BCUT2D eigenvalue weighted by molar-refractivity contribution is 0.324. The summed E-state index contributed by atoms with van der Waals surface area (Å²) in [5.41, 5.74) is 7.92. The van der Waals surface area contributed by atoms with E-state index in [2.05, 4.69) is 15.2 Å². The summed E-state index contributed by atoms with van der Waals surface area (Å²) in [5, 5.41) is 7.18. The second-order valence-electron chi connectivity index (χ2n) is 5.71. The fourth-order valence-electron chi connectivity index (χ4n) is 2.72. The van der Waals surface area contributed by atoms with Crippen LogP contribution >= 0.6 is 0 Å². The first kappa shape index (κ1) is 18.5. The van der Waals surface area contributed by atoms with Crippen LogP contribution in [0.25, 0.3) is 11.4 Å². The van der Waals surface area contributed by atoms with Crippen LogP contribution in [0.5, 0.6) is 23.0 Å². The Morgan fingerprint density at radius 2 is 1.52 bits per heavy atom. The van der Waals surface area contributed by atoms with Gasteiger partial charge in [-0.2, -0.15) is 5.10 Å². The van der Waals surface area contributed by atoms with Crippen LogP contribution < -0.4 is 24.7 Å². The molecule has 0 bridgehead atoms. The highest BCUT2D eigenvalue weighted by atomic mass is 16.5. The van der Waals surface area contributed by atoms with Gasteiger partial charge in [0.25, 0.3) is 0 Å². The molecule has 0 amide bonds. The number of aromatic nitrogens is 3. The maximum absolute atomic E-state index is 6.31. The van der Waals surface area contributed by atoms with Crippen molar-refractivity contribution in [1.29, 1.82) is 0 Å². The number of hydrogen-bond donors (Lipinski definition) is 2. The summed E-state index contributed by atoms with van der Waals surface area (Å²) >= 11 is 0. The van der Waals surface area contributed by atoms with Crippen molar-refractivity contribution in [3.8, 4) is 34.4 Å². The van der Waals surface area contributed by atoms with Gasteiger partial charge >= 0.3 is 0 Å². The highest BCUT2D eigenvalue weighted by Gasteiger charge is 2.19. The molecule has 0 saturated carbocycles. The van der Waals surface area contributed by atoms with Crippen molar-refractivity contribution < 1.29 is 18.9 Å². The van der Waals surface area contributed by atoms with Crippen LogP contribution in [0.2, 0.25) is 0 Å². The fourth-order valence-corrected chi connectivity index (χ4v) is 2.72. The number of nitrogens with zero attached hydrogens (tertiary/aromatic N) is 2. The Labute approximate surface area is 157 Å². The van der Waals surface area contributed by atoms with Crippen molar-refractivity contribution in [3.05, 3.63) is 47.8 Å². The molecule has 0 unspecified atom stereocenters. The van der Waals surface area contributed by atoms with Gasteiger partial charge in [-0.3, -0.25) is 5.10 Å². The molecule has 8 nitrogen and oxygen atoms in total. The Bertz CT molecular complexity index is 883. The zero-order valence-corrected chi connectivity index (χ0v) is 15.6. The molecule has 27 heavy (non-hydrogen) atoms. The minimum absolute atomic E-state index is 0.445. The number of benzene rings is 2. The highest BCUT2D eigenvalue weighted by molar-refractivity contribution is 5.66. The van der Waals surface area contributed by atoms with E-state index in [1.54, 1.807) is 40.6 Å². The molecule has 3 aromatic rings. The normalized spacial score (nSPS) is 11.7. The second kappa shape index (κ2) is 7.96. The summed E-state index contributed by atoms with van der Waals surface area (Å²) in [6, 6.07) is 10.6. The quantitative estimate of drug-likeness (QED) is 0.658. The molecule has 0 aliphatic carbocycles. The van der Waals surface area contributed by atoms with E-state index in [-0.39, 0.29) is 0 Å². The van der Waals surface area contributed by atoms with Gasteiger partial charge < -0.3 is 24.7 Å². The van der Waals surface area contributed by atoms with Gasteiger partial charge in [-0.15, -0.1) is 0 Å². The average Bonchev–Trinajstić information content (AvgIpc) is 3.22. The molecule has 0 saturated heterocycles. The molecule has 0 aliphatic rings. The maximum Gasteiger partial charge on any atom is 0.203 e. The Balaban J connectivity index is 1.93. The Kier molecular flexibility index (Phi) is 5.46. The number of nitrogens with two attached hydrogens (primary N) is 1. The minimum atomic E-state index is -0.445. The topological polar surface area (TPSA) is 105 Å². The lowest BCUT2D eigenvalue weighted by atomic mass is 10.1. The number of hydrogen-bond acceptors (Lipinski definition) is 7. The Hall–Kier alpha value is -3.26. The molecular weight excluding hydrogens is 348 g/mol. The molecule has 8 heteroatoms. The van der Waals surface area contributed by atoms with Crippen molar-refractivity contribution >= 4 is 0 Å². The largest absolute Gasteiger partial charge is 0.497 e. The van der Waals surface area contributed by atoms with E-state index in [4.69, 9.17) is 24.7 Å². The third-order valence-corrected chi connectivity index (χ3v) is 4.20. The lowest BCUT2D eigenvalue weighted by Gasteiger charge is -2.13. The third-order valence-electron chi connectivity index (χ3n) is 4.20. The van der Waals surface area contributed by atoms with Crippen LogP contribution in [-0.2, 0) is 0 Å². The standard InChI is InChI=1S/C19H22N4O4/c1-24-13-7-5-11(6-8-13)16(20)19-21-18(22-23-19)12-9-14(25-2)17(27-4)15(10-12)26-3/h5-10,16H,20H2,1-4H3,(H,21,22,23)/t16-/m1/s1. The SMILES string of the molecule is COc1ccc([C@@H](N)c2nc(-c3cc(OC)c(OC)c(OC)c3)n[nH]2)cc1. The summed E-state index contributed by atoms with van der Waals surface area (Å²) in [4.78, 5) is 4.53. The maximum atomic E-state index is 6.31. The molecule has 0 spiro atoms. The molecule has 3 N–H and O–H groups in total. The summed E-state index contributed by atoms with van der Waals surface area (Å²) in [5.74, 6) is 3.35. The van der Waals surface area contributed by atoms with E-state index in [9.17, 15) is 0 Å². The average molecular weight is 370 g/mol. The lowest BCUT2D eigenvalue weighted by Crippen LogP contribution is -2.13. The predicted molar refractivity (Wildman–Crippen MR) is 100 cm³/mol. The van der Waals surface area contributed by atoms with Crippen LogP contribution in [0.15, 0.2) is 36.4 Å². The molecule has 3 rings (SSSR count). The number of rotatable bonds is 7. The Morgan fingerprint density at radius 1 is 0.889 bits per heavy atom. The number of nitrogens with one attached hydrogen (secondary N) is 1. The number of ether oxygens (including phenoxy) is 4. The van der Waals surface area contributed by atoms with Gasteiger partial charge in [-0.05, 0) is 29.8 Å². The molecule has 1 heterocycles. The van der Waals surface area contributed by atoms with Gasteiger partial charge in [0.2, 0.25) is 5.75 Å². The van der Waals surface area contributed by atoms with E-state index in [0.717, 1.165) is 11.3 Å². The van der Waals surface area contributed by atoms with Crippen LogP contribution in [-0.4, -0.2) is 43.6 Å². The van der Waals surface area contributed by atoms with Crippen molar-refractivity contribution in [3.63, 3.8) is 0 Å². The summed E-state index contributed by atoms with van der Waals surface area (Å²) < 4.78 is 21.3. The van der Waals surface area contributed by atoms with Gasteiger partial charge in [-0.1, -0.05) is 12.1 Å². The minimum Gasteiger partial charge on any atom is -0.497 e. The fraction of sp³-hybridized carbons (Fsp3) is 0.263. The molecule has 2 aromatic carbocycles. The summed E-state index contributed by atoms with van der Waals surface area (Å²) in [6.07, 6.45) is 0. The van der Waals surface area contributed by atoms with E-state index in [1.165, 1.54) is 0 Å². The number of aromatic amines is 1. The van der Waals surface area contributed by atoms with E-state index in [0.29, 0.717) is 34.5 Å². The van der Waals surface area contributed by atoms with Crippen LogP contribution in [0, 0.1) is 0 Å². The molecule has 142 valence electrons. The van der Waals surface area contributed by atoms with E-state index in [1.807, 2.05) is 24.3 Å². The Morgan fingerprint density at radius 3 is 2.04 bits per heavy atom. The first-order valence-electron chi connectivity index (χ1n) is 8.23. The summed E-state index contributed by atoms with van der Waals surface area (Å²) in [6.45, 7) is 0. The third kappa shape index (κ3) is 3.65. The monoisotopic (exact) mass is 370 g/mol. The van der Waals surface area contributed by atoms with Gasteiger partial charge in [0.15, 0.2) is 17.3 Å². The van der Waals surface area contributed by atoms with E-state index < -0.39 is 6.04 Å². The van der Waals surface area contributed by atoms with E-state index >= 15 is 0 Å². The molecule has 1 atom stereocenters. The molecule has 0 aliphatic heterocycles. The molecule has 1 aromatic heterocycles. The van der Waals surface area contributed by atoms with Gasteiger partial charge in [0.05, 0.1) is 34.5 Å². The number of methoxy groups -OCH3 is 4. The first-order valence-corrected chi connectivity index (χ1v) is 8.23. The van der Waals surface area contributed by atoms with Crippen molar-refractivity contribution in [2.75, 3.05) is 28.4 Å². The summed E-state index contributed by atoms with van der Waals surface area (Å²) in [7, 11) is 6.29. The van der Waals surface area contributed by atoms with Gasteiger partial charge in [-0.25, -0.2) is 4.98 Å². The van der Waals surface area contributed by atoms with Crippen LogP contribution in [0.3, 0.4) is 0 Å². The van der Waals surface area contributed by atoms with Crippen molar-refractivity contribution in [1.82, 2.24) is 15.2 Å². The van der Waals surface area contributed by atoms with Gasteiger partial charge in [0.1, 0.15) is 11.6 Å². The molecule has 0 radical (unpaired) electrons. The zero-order chi connectivity index (χ0) is 19.4. The highest BCUT2D eigenvalue weighted by Crippen LogP contribution is 2.40. The predicted octanol–water partition coefficient (Wildman–Crippen LogP) is 2.55. The number of H-pyrrole nitrogens is 1. The molecular formula is C19H22N4O4. The molecule has 0 fully saturated rings. The van der Waals surface area contributed by atoms with Crippen LogP contribution in [0.1, 0.15) is 17.4 Å². The second-order valence-corrected chi connectivity index (χ2v) is 5.71. The van der Waals surface area contributed by atoms with Crippen molar-refractivity contribution in [2.24, 2.45) is 5.73 Å². The van der Waals surface area contributed by atoms with Crippen LogP contribution in [0.4, 0.5) is 0 Å². The van der Waals surface area contributed by atoms with Crippen molar-refractivity contribution in [2.45, 2.75) is 6.04 Å². The first-order chi connectivity index (χ1) is 13.1.